The molecule has 5 nitrogen and oxygen atoms in total. The quantitative estimate of drug-likeness (QED) is 0.694. The molecule has 2 unspecified atom stereocenters. The van der Waals surface area contributed by atoms with Gasteiger partial charge in [0.25, 0.3) is 0 Å². The topological polar surface area (TPSA) is 81.8 Å². The Morgan fingerprint density at radius 2 is 1.91 bits per heavy atom. The van der Waals surface area contributed by atoms with Crippen LogP contribution >= 0.6 is 0 Å². The van der Waals surface area contributed by atoms with Crippen molar-refractivity contribution in [3.63, 3.8) is 0 Å². The van der Waals surface area contributed by atoms with Gasteiger partial charge in [0, 0.05) is 12.6 Å². The van der Waals surface area contributed by atoms with Crippen molar-refractivity contribution in [1.82, 2.24) is 0 Å². The molecule has 0 radical (unpaired) electrons. The summed E-state index contributed by atoms with van der Waals surface area (Å²) in [6.45, 7) is 7.20. The van der Waals surface area contributed by atoms with Crippen LogP contribution in [0.15, 0.2) is 18.2 Å². The number of carboxylic acid groups (broad SMARTS) is 1. The van der Waals surface area contributed by atoms with Crippen molar-refractivity contribution in [2.75, 3.05) is 19.8 Å². The summed E-state index contributed by atoms with van der Waals surface area (Å²) >= 11 is 0. The van der Waals surface area contributed by atoms with Crippen LogP contribution in [0, 0.1) is 5.92 Å². The minimum atomic E-state index is -0.843. The van der Waals surface area contributed by atoms with Crippen LogP contribution in [0.3, 0.4) is 0 Å². The summed E-state index contributed by atoms with van der Waals surface area (Å²) in [6.07, 6.45) is 1.34. The van der Waals surface area contributed by atoms with E-state index in [-0.39, 0.29) is 12.5 Å². The van der Waals surface area contributed by atoms with E-state index in [1.807, 2.05) is 39.0 Å². The molecule has 124 valence electrons. The molecular formula is C17H27NO4. The Labute approximate surface area is 132 Å². The third-order valence-electron chi connectivity index (χ3n) is 3.73. The molecule has 1 aromatic carbocycles. The summed E-state index contributed by atoms with van der Waals surface area (Å²) in [6, 6.07) is 5.75. The van der Waals surface area contributed by atoms with Gasteiger partial charge >= 0.3 is 5.97 Å². The van der Waals surface area contributed by atoms with Crippen molar-refractivity contribution in [3.8, 4) is 11.5 Å². The van der Waals surface area contributed by atoms with Gasteiger partial charge in [0.1, 0.15) is 11.5 Å². The van der Waals surface area contributed by atoms with Crippen LogP contribution in [0.4, 0.5) is 0 Å². The minimum absolute atomic E-state index is 0.0990. The lowest BCUT2D eigenvalue weighted by atomic mass is 9.86. The fourth-order valence-corrected chi connectivity index (χ4v) is 2.54. The number of rotatable bonds is 10. The molecule has 0 saturated heterocycles. The molecule has 0 aliphatic rings. The maximum Gasteiger partial charge on any atom is 0.307 e. The van der Waals surface area contributed by atoms with Gasteiger partial charge in [0.05, 0.1) is 19.1 Å². The maximum absolute atomic E-state index is 11.2. The molecule has 2 atom stereocenters. The van der Waals surface area contributed by atoms with Crippen LogP contribution in [0.25, 0.3) is 0 Å². The number of hydrogen-bond acceptors (Lipinski definition) is 4. The average Bonchev–Trinajstić information content (AvgIpc) is 2.50. The largest absolute Gasteiger partial charge is 0.494 e. The standard InChI is InChI=1S/C17H27NO4/c1-4-12(9-13(11-18)17(19)20)15-8-7-14(21-5-2)10-16(15)22-6-3/h7-8,10,12-13H,4-6,9,11,18H2,1-3H3,(H,19,20). The molecule has 22 heavy (non-hydrogen) atoms. The summed E-state index contributed by atoms with van der Waals surface area (Å²) < 4.78 is 11.2. The number of ether oxygens (including phenoxy) is 2. The molecule has 3 N–H and O–H groups in total. The van der Waals surface area contributed by atoms with Gasteiger partial charge < -0.3 is 20.3 Å². The molecule has 0 saturated carbocycles. The van der Waals surface area contributed by atoms with Gasteiger partial charge in [-0.05, 0) is 44.2 Å². The number of benzene rings is 1. The average molecular weight is 309 g/mol. The highest BCUT2D eigenvalue weighted by Crippen LogP contribution is 2.36. The summed E-state index contributed by atoms with van der Waals surface area (Å²) in [5, 5.41) is 9.22. The second kappa shape index (κ2) is 9.30. The summed E-state index contributed by atoms with van der Waals surface area (Å²) in [5.74, 6) is 0.248. The number of carboxylic acids is 1. The predicted molar refractivity (Wildman–Crippen MR) is 86.6 cm³/mol. The lowest BCUT2D eigenvalue weighted by Crippen LogP contribution is -2.25. The van der Waals surface area contributed by atoms with Crippen LogP contribution in [-0.4, -0.2) is 30.8 Å². The van der Waals surface area contributed by atoms with Crippen LogP contribution in [0.1, 0.15) is 45.1 Å². The summed E-state index contributed by atoms with van der Waals surface area (Å²) in [7, 11) is 0. The van der Waals surface area contributed by atoms with Crippen molar-refractivity contribution < 1.29 is 19.4 Å². The lowest BCUT2D eigenvalue weighted by molar-refractivity contribution is -0.141. The van der Waals surface area contributed by atoms with Gasteiger partial charge in [-0.15, -0.1) is 0 Å². The Morgan fingerprint density at radius 3 is 2.41 bits per heavy atom. The molecule has 0 heterocycles. The Balaban J connectivity index is 3.05. The molecule has 0 fully saturated rings. The molecule has 1 rings (SSSR count). The Morgan fingerprint density at radius 1 is 1.23 bits per heavy atom. The highest BCUT2D eigenvalue weighted by atomic mass is 16.5. The molecule has 5 heteroatoms. The van der Waals surface area contributed by atoms with Crippen LogP contribution in [-0.2, 0) is 4.79 Å². The van der Waals surface area contributed by atoms with Gasteiger partial charge in [0.15, 0.2) is 0 Å². The van der Waals surface area contributed by atoms with Crippen molar-refractivity contribution >= 4 is 5.97 Å². The molecule has 0 amide bonds. The van der Waals surface area contributed by atoms with Crippen molar-refractivity contribution in [1.29, 1.82) is 0 Å². The zero-order valence-corrected chi connectivity index (χ0v) is 13.7. The number of nitrogens with two attached hydrogens (primary N) is 1. The van der Waals surface area contributed by atoms with Crippen molar-refractivity contribution in [2.45, 2.75) is 39.5 Å². The third-order valence-corrected chi connectivity index (χ3v) is 3.73. The van der Waals surface area contributed by atoms with Crippen molar-refractivity contribution in [3.05, 3.63) is 23.8 Å². The first-order valence-corrected chi connectivity index (χ1v) is 7.89. The first-order valence-electron chi connectivity index (χ1n) is 7.89. The molecule has 0 bridgehead atoms. The van der Waals surface area contributed by atoms with Gasteiger partial charge in [-0.1, -0.05) is 13.0 Å². The van der Waals surface area contributed by atoms with Crippen LogP contribution in [0.5, 0.6) is 11.5 Å². The number of carbonyl (C=O) groups is 1. The molecule has 0 aliphatic carbocycles. The molecule has 0 aliphatic heterocycles. The van der Waals surface area contributed by atoms with Crippen molar-refractivity contribution in [2.24, 2.45) is 11.7 Å². The van der Waals surface area contributed by atoms with E-state index in [0.717, 1.165) is 23.5 Å². The van der Waals surface area contributed by atoms with Crippen LogP contribution in [0.2, 0.25) is 0 Å². The SMILES string of the molecule is CCOc1ccc(C(CC)CC(CN)C(=O)O)c(OCC)c1. The fraction of sp³-hybridized carbons (Fsp3) is 0.588. The Kier molecular flexibility index (Phi) is 7.74. The summed E-state index contributed by atoms with van der Waals surface area (Å²) in [4.78, 5) is 11.2. The second-order valence-electron chi connectivity index (χ2n) is 5.18. The van der Waals surface area contributed by atoms with E-state index in [4.69, 9.17) is 15.2 Å². The Bertz CT molecular complexity index is 476. The summed E-state index contributed by atoms with van der Waals surface area (Å²) in [5.41, 5.74) is 6.60. The lowest BCUT2D eigenvalue weighted by Gasteiger charge is -2.22. The molecule has 0 spiro atoms. The van der Waals surface area contributed by atoms with Gasteiger partial charge in [-0.3, -0.25) is 4.79 Å². The molecule has 0 aromatic heterocycles. The first kappa shape index (κ1) is 18.3. The predicted octanol–water partition coefficient (Wildman–Crippen LogP) is 3.03. The Hall–Kier alpha value is -1.75. The van der Waals surface area contributed by atoms with E-state index in [2.05, 4.69) is 0 Å². The van der Waals surface area contributed by atoms with Crippen LogP contribution < -0.4 is 15.2 Å². The minimum Gasteiger partial charge on any atom is -0.494 e. The van der Waals surface area contributed by atoms with E-state index in [9.17, 15) is 9.90 Å². The maximum atomic E-state index is 11.2. The molecule has 1 aromatic rings. The van der Waals surface area contributed by atoms with E-state index in [1.165, 1.54) is 0 Å². The van der Waals surface area contributed by atoms with Gasteiger partial charge in [-0.25, -0.2) is 0 Å². The van der Waals surface area contributed by atoms with E-state index < -0.39 is 11.9 Å². The normalized spacial score (nSPS) is 13.5. The number of hydrogen-bond donors (Lipinski definition) is 2. The van der Waals surface area contributed by atoms with Gasteiger partial charge in [0.2, 0.25) is 0 Å². The second-order valence-corrected chi connectivity index (χ2v) is 5.18. The number of aliphatic carboxylic acids is 1. The van der Waals surface area contributed by atoms with E-state index in [0.29, 0.717) is 19.6 Å². The fourth-order valence-electron chi connectivity index (χ4n) is 2.54. The van der Waals surface area contributed by atoms with E-state index >= 15 is 0 Å². The van der Waals surface area contributed by atoms with Gasteiger partial charge in [-0.2, -0.15) is 0 Å². The highest BCUT2D eigenvalue weighted by Gasteiger charge is 2.23. The first-order chi connectivity index (χ1) is 10.6. The highest BCUT2D eigenvalue weighted by molar-refractivity contribution is 5.70. The van der Waals surface area contributed by atoms with E-state index in [1.54, 1.807) is 0 Å². The zero-order valence-electron chi connectivity index (χ0n) is 13.7. The molecular weight excluding hydrogens is 282 g/mol. The smallest absolute Gasteiger partial charge is 0.307 e. The monoisotopic (exact) mass is 309 g/mol. The zero-order chi connectivity index (χ0) is 16.5. The third kappa shape index (κ3) is 4.91.